The topological polar surface area (TPSA) is 142 Å². The van der Waals surface area contributed by atoms with Crippen molar-refractivity contribution in [2.24, 2.45) is 11.8 Å². The van der Waals surface area contributed by atoms with Crippen molar-refractivity contribution in [2.75, 3.05) is 33.3 Å². The Morgan fingerprint density at radius 1 is 1.07 bits per heavy atom. The van der Waals surface area contributed by atoms with Crippen LogP contribution in [-0.2, 0) is 21.4 Å². The number of methoxy groups -OCH3 is 1. The van der Waals surface area contributed by atoms with Gasteiger partial charge in [-0.25, -0.2) is 18.2 Å². The Labute approximate surface area is 254 Å². The van der Waals surface area contributed by atoms with E-state index in [1.807, 2.05) is 4.90 Å². The molecule has 1 aromatic heterocycles. The van der Waals surface area contributed by atoms with Crippen LogP contribution in [0.15, 0.2) is 27.7 Å². The standard InChI is InChI=1S/C27H38N4O5S.C2HF3O2/c1-18-14-23(35-3)15-19(2)26(18)37(33,34)31(22-4-5-22)16-25-29-24(17-36-25)27(32)30-12-8-21(9-13-30)20-6-10-28-11-7-20;3-2(4,5)1(6)7/h14-15,17,20-22,28H,4-13,16H2,1-3H3;(H,6,7). The van der Waals surface area contributed by atoms with Gasteiger partial charge in [-0.05, 0) is 101 Å². The number of oxazole rings is 1. The molecule has 2 saturated heterocycles. The van der Waals surface area contributed by atoms with Crippen molar-refractivity contribution in [1.82, 2.24) is 19.5 Å². The van der Waals surface area contributed by atoms with Crippen molar-refractivity contribution in [3.63, 3.8) is 0 Å². The van der Waals surface area contributed by atoms with Crippen LogP contribution in [0.1, 0.15) is 66.0 Å². The second kappa shape index (κ2) is 13.9. The van der Waals surface area contributed by atoms with Crippen molar-refractivity contribution in [3.8, 4) is 5.75 Å². The number of carbonyl (C=O) groups excluding carboxylic acids is 1. The quantitative estimate of drug-likeness (QED) is 0.434. The third-order valence-corrected chi connectivity index (χ3v) is 10.6. The predicted molar refractivity (Wildman–Crippen MR) is 153 cm³/mol. The van der Waals surface area contributed by atoms with Crippen molar-refractivity contribution in [2.45, 2.75) is 76.0 Å². The number of carbonyl (C=O) groups is 2. The summed E-state index contributed by atoms with van der Waals surface area (Å²) in [5.74, 6) is -0.588. The summed E-state index contributed by atoms with van der Waals surface area (Å²) in [5.41, 5.74) is 1.53. The number of aromatic nitrogens is 1. The van der Waals surface area contributed by atoms with Gasteiger partial charge in [0, 0.05) is 19.1 Å². The maximum atomic E-state index is 13.7. The summed E-state index contributed by atoms with van der Waals surface area (Å²) < 4.78 is 71.6. The van der Waals surface area contributed by atoms with Crippen LogP contribution in [0.4, 0.5) is 13.2 Å². The maximum absolute atomic E-state index is 13.7. The van der Waals surface area contributed by atoms with E-state index in [0.29, 0.717) is 27.7 Å². The van der Waals surface area contributed by atoms with Crippen LogP contribution >= 0.6 is 0 Å². The molecule has 2 aromatic rings. The van der Waals surface area contributed by atoms with Crippen molar-refractivity contribution in [3.05, 3.63) is 41.1 Å². The number of nitrogens with one attached hydrogen (secondary N) is 1. The molecule has 15 heteroatoms. The number of carboxylic acids is 1. The van der Waals surface area contributed by atoms with E-state index in [1.54, 1.807) is 33.1 Å². The second-order valence-electron chi connectivity index (χ2n) is 11.5. The largest absolute Gasteiger partial charge is 0.497 e. The Morgan fingerprint density at radius 2 is 1.61 bits per heavy atom. The SMILES string of the molecule is COc1cc(C)c(S(=O)(=O)N(Cc2nc(C(=O)N3CCC(C4CCNCC4)CC3)co2)C2CC2)c(C)c1.O=C(O)C(F)(F)F. The lowest BCUT2D eigenvalue weighted by molar-refractivity contribution is -0.192. The average molecular weight is 645 g/mol. The number of nitrogens with zero attached hydrogens (tertiary/aromatic N) is 3. The number of halogens is 3. The number of aryl methyl sites for hydroxylation is 2. The number of ether oxygens (including phenoxy) is 1. The molecule has 0 bridgehead atoms. The zero-order valence-electron chi connectivity index (χ0n) is 25.0. The smallest absolute Gasteiger partial charge is 0.490 e. The lowest BCUT2D eigenvalue weighted by atomic mass is 9.79. The second-order valence-corrected chi connectivity index (χ2v) is 13.3. The van der Waals surface area contributed by atoms with E-state index >= 15 is 0 Å². The average Bonchev–Trinajstić information content (AvgIpc) is 3.71. The number of likely N-dealkylation sites (tertiary alicyclic amines) is 1. The van der Waals surface area contributed by atoms with Gasteiger partial charge < -0.3 is 24.5 Å². The van der Waals surface area contributed by atoms with Crippen molar-refractivity contribution < 1.29 is 45.4 Å². The van der Waals surface area contributed by atoms with E-state index in [0.717, 1.165) is 57.8 Å². The number of benzene rings is 1. The monoisotopic (exact) mass is 644 g/mol. The summed E-state index contributed by atoms with van der Waals surface area (Å²) in [4.78, 5) is 28.6. The van der Waals surface area contributed by atoms with Gasteiger partial charge in [-0.3, -0.25) is 4.79 Å². The molecule has 2 aliphatic heterocycles. The van der Waals surface area contributed by atoms with E-state index in [2.05, 4.69) is 10.3 Å². The Morgan fingerprint density at radius 3 is 2.11 bits per heavy atom. The zero-order chi connectivity index (χ0) is 32.2. The summed E-state index contributed by atoms with van der Waals surface area (Å²) in [6, 6.07) is 3.38. The number of carboxylic acid groups (broad SMARTS) is 1. The highest BCUT2D eigenvalue weighted by Gasteiger charge is 2.41. The summed E-state index contributed by atoms with van der Waals surface area (Å²) in [6.07, 6.45) is 2.38. The summed E-state index contributed by atoms with van der Waals surface area (Å²) in [6.45, 7) is 7.21. The molecular weight excluding hydrogens is 605 g/mol. The van der Waals surface area contributed by atoms with E-state index in [4.69, 9.17) is 19.1 Å². The fourth-order valence-electron chi connectivity index (χ4n) is 5.99. The molecule has 1 amide bonds. The molecule has 5 rings (SSSR count). The number of rotatable bonds is 8. The van der Waals surface area contributed by atoms with Gasteiger partial charge in [-0.1, -0.05) is 0 Å². The molecule has 0 unspecified atom stereocenters. The summed E-state index contributed by atoms with van der Waals surface area (Å²) >= 11 is 0. The first kappa shape index (κ1) is 33.7. The van der Waals surface area contributed by atoms with Gasteiger partial charge in [0.2, 0.25) is 15.9 Å². The number of aliphatic carboxylic acids is 1. The number of piperidine rings is 2. The fourth-order valence-corrected chi connectivity index (χ4v) is 8.04. The van der Waals surface area contributed by atoms with Crippen LogP contribution in [-0.4, -0.2) is 85.1 Å². The first-order chi connectivity index (χ1) is 20.7. The molecule has 0 atom stereocenters. The molecule has 0 radical (unpaired) electrons. The molecule has 0 spiro atoms. The van der Waals surface area contributed by atoms with E-state index in [1.165, 1.54) is 23.4 Å². The first-order valence-electron chi connectivity index (χ1n) is 14.6. The molecule has 3 aliphatic rings. The highest BCUT2D eigenvalue weighted by atomic mass is 32.2. The van der Waals surface area contributed by atoms with Gasteiger partial charge in [-0.2, -0.15) is 17.5 Å². The van der Waals surface area contributed by atoms with Crippen LogP contribution in [0, 0.1) is 25.7 Å². The first-order valence-corrected chi connectivity index (χ1v) is 16.1. The number of hydrogen-bond acceptors (Lipinski definition) is 8. The van der Waals surface area contributed by atoms with Crippen molar-refractivity contribution in [1.29, 1.82) is 0 Å². The van der Waals surface area contributed by atoms with Crippen LogP contribution in [0.5, 0.6) is 5.75 Å². The van der Waals surface area contributed by atoms with Gasteiger partial charge in [-0.15, -0.1) is 0 Å². The van der Waals surface area contributed by atoms with E-state index in [-0.39, 0.29) is 30.1 Å². The molecule has 244 valence electrons. The van der Waals surface area contributed by atoms with Gasteiger partial charge in [0.1, 0.15) is 12.0 Å². The summed E-state index contributed by atoms with van der Waals surface area (Å²) in [7, 11) is -2.23. The number of amides is 1. The van der Waals surface area contributed by atoms with Gasteiger partial charge in [0.05, 0.1) is 18.6 Å². The van der Waals surface area contributed by atoms with E-state index in [9.17, 15) is 26.4 Å². The predicted octanol–water partition coefficient (Wildman–Crippen LogP) is 4.14. The van der Waals surface area contributed by atoms with Crippen LogP contribution in [0.3, 0.4) is 0 Å². The lowest BCUT2D eigenvalue weighted by Gasteiger charge is -2.37. The number of sulfonamides is 1. The minimum atomic E-state index is -5.08. The Hall–Kier alpha value is -3.17. The minimum absolute atomic E-state index is 0.00296. The molecule has 1 saturated carbocycles. The van der Waals surface area contributed by atoms with Crippen molar-refractivity contribution >= 4 is 21.9 Å². The third kappa shape index (κ3) is 8.10. The number of hydrogen-bond donors (Lipinski definition) is 2. The third-order valence-electron chi connectivity index (χ3n) is 8.37. The Kier molecular flexibility index (Phi) is 10.6. The normalized spacial score (nSPS) is 18.6. The molecule has 2 N–H and O–H groups in total. The molecule has 11 nitrogen and oxygen atoms in total. The maximum Gasteiger partial charge on any atom is 0.490 e. The molecule has 3 heterocycles. The van der Waals surface area contributed by atoms with E-state index < -0.39 is 22.2 Å². The molecule has 1 aliphatic carbocycles. The summed E-state index contributed by atoms with van der Waals surface area (Å²) in [5, 5.41) is 10.6. The number of alkyl halides is 3. The van der Waals surface area contributed by atoms with Gasteiger partial charge >= 0.3 is 12.1 Å². The molecule has 1 aromatic carbocycles. The molecular formula is C29H39F3N4O7S. The molecule has 44 heavy (non-hydrogen) atoms. The fraction of sp³-hybridized carbons (Fsp3) is 0.621. The Bertz CT molecular complexity index is 1410. The lowest BCUT2D eigenvalue weighted by Crippen LogP contribution is -2.42. The van der Waals surface area contributed by atoms with Crippen LogP contribution in [0.25, 0.3) is 0 Å². The van der Waals surface area contributed by atoms with Gasteiger partial charge in [0.15, 0.2) is 5.69 Å². The van der Waals surface area contributed by atoms with Crippen LogP contribution < -0.4 is 10.1 Å². The minimum Gasteiger partial charge on any atom is -0.497 e. The highest BCUT2D eigenvalue weighted by Crippen LogP contribution is 2.37. The highest BCUT2D eigenvalue weighted by molar-refractivity contribution is 7.89. The zero-order valence-corrected chi connectivity index (χ0v) is 25.8. The molecule has 3 fully saturated rings. The van der Waals surface area contributed by atoms with Crippen LogP contribution in [0.2, 0.25) is 0 Å². The Balaban J connectivity index is 0.000000566. The van der Waals surface area contributed by atoms with Gasteiger partial charge in [0.25, 0.3) is 5.91 Å².